The molecule has 0 N–H and O–H groups in total. The molecule has 0 spiro atoms. The minimum atomic E-state index is -0.342. The van der Waals surface area contributed by atoms with Crippen molar-refractivity contribution in [2.24, 2.45) is 0 Å². The number of ether oxygens (including phenoxy) is 1. The van der Waals surface area contributed by atoms with Gasteiger partial charge in [-0.05, 0) is 26.0 Å². The van der Waals surface area contributed by atoms with E-state index < -0.39 is 0 Å². The molecule has 2 atom stereocenters. The van der Waals surface area contributed by atoms with Crippen LogP contribution in [0.2, 0.25) is 0 Å². The minimum absolute atomic E-state index is 0.162. The number of morpholine rings is 1. The number of hydrogen-bond donors (Lipinski definition) is 0. The highest BCUT2D eigenvalue weighted by Gasteiger charge is 2.25. The first-order valence-corrected chi connectivity index (χ1v) is 7.36. The summed E-state index contributed by atoms with van der Waals surface area (Å²) >= 11 is 3.31. The summed E-state index contributed by atoms with van der Waals surface area (Å²) in [7, 11) is 0. The van der Waals surface area contributed by atoms with Crippen LogP contribution in [0.4, 0.5) is 11.4 Å². The lowest BCUT2D eigenvalue weighted by molar-refractivity contribution is -0.385. The topological polar surface area (TPSA) is 55.6 Å². The third-order valence-electron chi connectivity index (χ3n) is 3.34. The number of anilines is 1. The average Bonchev–Trinajstić information content (AvgIpc) is 2.40. The van der Waals surface area contributed by atoms with Crippen LogP contribution in [-0.4, -0.2) is 30.2 Å². The molecule has 1 aliphatic heterocycles. The highest BCUT2D eigenvalue weighted by molar-refractivity contribution is 9.08. The Morgan fingerprint density at radius 2 is 2.26 bits per heavy atom. The van der Waals surface area contributed by atoms with E-state index in [4.69, 9.17) is 4.74 Å². The molecule has 6 heteroatoms. The predicted molar refractivity (Wildman–Crippen MR) is 77.9 cm³/mol. The molecule has 1 heterocycles. The van der Waals surface area contributed by atoms with Gasteiger partial charge in [0.1, 0.15) is 0 Å². The molecule has 1 aromatic rings. The van der Waals surface area contributed by atoms with E-state index in [2.05, 4.69) is 27.8 Å². The number of nitrogens with zero attached hydrogens (tertiary/aromatic N) is 2. The fourth-order valence-electron chi connectivity index (χ4n) is 2.30. The summed E-state index contributed by atoms with van der Waals surface area (Å²) < 4.78 is 5.60. The molecule has 1 aromatic carbocycles. The van der Waals surface area contributed by atoms with Gasteiger partial charge in [-0.3, -0.25) is 10.1 Å². The first kappa shape index (κ1) is 14.3. The van der Waals surface area contributed by atoms with Gasteiger partial charge < -0.3 is 9.64 Å². The lowest BCUT2D eigenvalue weighted by Gasteiger charge is -2.38. The van der Waals surface area contributed by atoms with Crippen molar-refractivity contribution in [3.05, 3.63) is 33.9 Å². The zero-order valence-electron chi connectivity index (χ0n) is 11.0. The summed E-state index contributed by atoms with van der Waals surface area (Å²) in [5, 5.41) is 11.4. The van der Waals surface area contributed by atoms with Crippen molar-refractivity contribution < 1.29 is 9.66 Å². The molecule has 0 saturated carbocycles. The molecule has 0 bridgehead atoms. The van der Waals surface area contributed by atoms with Crippen LogP contribution in [0.25, 0.3) is 0 Å². The van der Waals surface area contributed by atoms with Gasteiger partial charge in [-0.25, -0.2) is 0 Å². The number of halogens is 1. The van der Waals surface area contributed by atoms with Crippen LogP contribution in [0, 0.1) is 10.1 Å². The number of nitro groups is 1. The Balaban J connectivity index is 2.32. The van der Waals surface area contributed by atoms with Crippen LogP contribution in [-0.2, 0) is 10.1 Å². The lowest BCUT2D eigenvalue weighted by atomic mass is 10.1. The van der Waals surface area contributed by atoms with Gasteiger partial charge in [0, 0.05) is 35.2 Å². The van der Waals surface area contributed by atoms with E-state index in [1.165, 1.54) is 0 Å². The van der Waals surface area contributed by atoms with Crippen molar-refractivity contribution in [2.75, 3.05) is 18.1 Å². The van der Waals surface area contributed by atoms with E-state index >= 15 is 0 Å². The molecule has 1 saturated heterocycles. The maximum atomic E-state index is 10.9. The molecular weight excluding hydrogens is 312 g/mol. The molecule has 19 heavy (non-hydrogen) atoms. The van der Waals surface area contributed by atoms with E-state index in [-0.39, 0.29) is 22.8 Å². The molecule has 1 fully saturated rings. The smallest absolute Gasteiger partial charge is 0.273 e. The van der Waals surface area contributed by atoms with Crippen LogP contribution in [0.3, 0.4) is 0 Å². The van der Waals surface area contributed by atoms with Crippen LogP contribution in [0.1, 0.15) is 19.4 Å². The van der Waals surface area contributed by atoms with Gasteiger partial charge in [-0.2, -0.15) is 0 Å². The predicted octanol–water partition coefficient (Wildman–Crippen LogP) is 3.10. The number of benzene rings is 1. The minimum Gasteiger partial charge on any atom is -0.375 e. The number of rotatable bonds is 3. The Kier molecular flexibility index (Phi) is 4.42. The normalized spacial score (nSPS) is 23.4. The summed E-state index contributed by atoms with van der Waals surface area (Å²) in [6.45, 7) is 5.62. The van der Waals surface area contributed by atoms with Gasteiger partial charge in [-0.15, -0.1) is 0 Å². The van der Waals surface area contributed by atoms with Crippen LogP contribution >= 0.6 is 15.9 Å². The Bertz CT molecular complexity index is 481. The number of nitro benzene ring substituents is 1. The standard InChI is InChI=1S/C13H17BrN2O3/c1-9-8-19-10(2)7-15(9)12-3-4-13(16(17)18)11(5-12)6-14/h3-5,9-10H,6-8H2,1-2H3. The van der Waals surface area contributed by atoms with Gasteiger partial charge in [0.15, 0.2) is 0 Å². The molecule has 5 nitrogen and oxygen atoms in total. The Morgan fingerprint density at radius 1 is 1.53 bits per heavy atom. The Labute approximate surface area is 120 Å². The Morgan fingerprint density at radius 3 is 2.89 bits per heavy atom. The average molecular weight is 329 g/mol. The third kappa shape index (κ3) is 3.06. The van der Waals surface area contributed by atoms with Crippen molar-refractivity contribution in [1.29, 1.82) is 0 Å². The fourth-order valence-corrected chi connectivity index (χ4v) is 2.75. The molecule has 2 unspecified atom stereocenters. The SMILES string of the molecule is CC1CN(c2ccc([N+](=O)[O-])c(CBr)c2)C(C)CO1. The van der Waals surface area contributed by atoms with Gasteiger partial charge in [0.05, 0.1) is 17.6 Å². The Hall–Kier alpha value is -1.14. The molecule has 2 rings (SSSR count). The zero-order chi connectivity index (χ0) is 14.0. The third-order valence-corrected chi connectivity index (χ3v) is 3.95. The molecule has 0 radical (unpaired) electrons. The first-order valence-electron chi connectivity index (χ1n) is 6.24. The van der Waals surface area contributed by atoms with Crippen molar-refractivity contribution in [3.8, 4) is 0 Å². The molecule has 0 aliphatic carbocycles. The second-order valence-electron chi connectivity index (χ2n) is 4.85. The van der Waals surface area contributed by atoms with E-state index in [1.54, 1.807) is 6.07 Å². The summed E-state index contributed by atoms with van der Waals surface area (Å²) in [5.41, 5.74) is 1.88. The van der Waals surface area contributed by atoms with Gasteiger partial charge >= 0.3 is 0 Å². The molecule has 0 amide bonds. The highest BCUT2D eigenvalue weighted by atomic mass is 79.9. The summed E-state index contributed by atoms with van der Waals surface area (Å²) in [6.07, 6.45) is 0.179. The first-order chi connectivity index (χ1) is 9.02. The van der Waals surface area contributed by atoms with Crippen molar-refractivity contribution >= 4 is 27.3 Å². The van der Waals surface area contributed by atoms with Crippen LogP contribution in [0.5, 0.6) is 0 Å². The number of alkyl halides is 1. The molecule has 0 aromatic heterocycles. The summed E-state index contributed by atoms with van der Waals surface area (Å²) in [4.78, 5) is 12.8. The molecule has 1 aliphatic rings. The van der Waals surface area contributed by atoms with E-state index in [0.717, 1.165) is 12.2 Å². The molecular formula is C13H17BrN2O3. The van der Waals surface area contributed by atoms with E-state index in [1.807, 2.05) is 19.1 Å². The van der Waals surface area contributed by atoms with Gasteiger partial charge in [-0.1, -0.05) is 15.9 Å². The van der Waals surface area contributed by atoms with E-state index in [9.17, 15) is 10.1 Å². The van der Waals surface area contributed by atoms with Crippen molar-refractivity contribution in [1.82, 2.24) is 0 Å². The van der Waals surface area contributed by atoms with Crippen molar-refractivity contribution in [3.63, 3.8) is 0 Å². The van der Waals surface area contributed by atoms with Crippen molar-refractivity contribution in [2.45, 2.75) is 31.3 Å². The second kappa shape index (κ2) is 5.88. The highest BCUT2D eigenvalue weighted by Crippen LogP contribution is 2.29. The maximum absolute atomic E-state index is 10.9. The van der Waals surface area contributed by atoms with Gasteiger partial charge in [0.25, 0.3) is 5.69 Å². The second-order valence-corrected chi connectivity index (χ2v) is 5.41. The van der Waals surface area contributed by atoms with Crippen LogP contribution < -0.4 is 4.90 Å². The molecule has 104 valence electrons. The zero-order valence-corrected chi connectivity index (χ0v) is 12.6. The van der Waals surface area contributed by atoms with Gasteiger partial charge in [0.2, 0.25) is 0 Å². The summed E-state index contributed by atoms with van der Waals surface area (Å²) in [5.74, 6) is 0. The number of hydrogen-bond acceptors (Lipinski definition) is 4. The van der Waals surface area contributed by atoms with Crippen LogP contribution in [0.15, 0.2) is 18.2 Å². The maximum Gasteiger partial charge on any atom is 0.273 e. The van der Waals surface area contributed by atoms with E-state index in [0.29, 0.717) is 17.5 Å². The summed E-state index contributed by atoms with van der Waals surface area (Å²) in [6, 6.07) is 5.57. The largest absolute Gasteiger partial charge is 0.375 e. The quantitative estimate of drug-likeness (QED) is 0.486. The lowest BCUT2D eigenvalue weighted by Crippen LogP contribution is -2.47. The fraction of sp³-hybridized carbons (Fsp3) is 0.538. The monoisotopic (exact) mass is 328 g/mol.